The average Bonchev–Trinajstić information content (AvgIpc) is 3.21. The molecule has 0 unspecified atom stereocenters. The first-order valence-electron chi connectivity index (χ1n) is 9.49. The smallest absolute Gasteiger partial charge is 0.213 e. The highest BCUT2D eigenvalue weighted by Crippen LogP contribution is 2.34. The fourth-order valence-corrected chi connectivity index (χ4v) is 3.80. The third-order valence-corrected chi connectivity index (χ3v) is 5.39. The predicted octanol–water partition coefficient (Wildman–Crippen LogP) is 2.91. The maximum atomic E-state index is 5.25. The van der Waals surface area contributed by atoms with E-state index in [0.29, 0.717) is 5.88 Å². The molecule has 0 amide bonds. The Morgan fingerprint density at radius 2 is 2.22 bits per heavy atom. The maximum absolute atomic E-state index is 5.25. The van der Waals surface area contributed by atoms with Crippen LogP contribution >= 0.6 is 0 Å². The van der Waals surface area contributed by atoms with Crippen molar-refractivity contribution in [1.29, 1.82) is 0 Å². The van der Waals surface area contributed by atoms with E-state index < -0.39 is 0 Å². The van der Waals surface area contributed by atoms with E-state index in [1.54, 1.807) is 13.4 Å². The highest BCUT2D eigenvalue weighted by atomic mass is 16.5. The largest absolute Gasteiger partial charge is 0.481 e. The minimum Gasteiger partial charge on any atom is -0.481 e. The molecule has 0 atom stereocenters. The van der Waals surface area contributed by atoms with Gasteiger partial charge in [0.2, 0.25) is 5.88 Å². The number of hydrogen-bond acceptors (Lipinski definition) is 6. The molecule has 2 aliphatic rings. The quantitative estimate of drug-likeness (QED) is 0.669. The molecule has 7 nitrogen and oxygen atoms in total. The molecule has 0 bridgehead atoms. The fraction of sp³-hybridized carbons (Fsp3) is 0.450. The van der Waals surface area contributed by atoms with Crippen LogP contribution < -0.4 is 4.74 Å². The van der Waals surface area contributed by atoms with E-state index >= 15 is 0 Å². The Morgan fingerprint density at radius 3 is 3.00 bits per heavy atom. The standard InChI is InChI=1S/C20H23N5O2/c1-26-19-4-2-3-15(22-19)10-24-8-7-18-16(11-24)20(17-12-27-13-21-17)23-25(18)9-14-5-6-14/h2-4,12-14H,5-11H2,1H3. The lowest BCUT2D eigenvalue weighted by Gasteiger charge is -2.27. The second kappa shape index (κ2) is 6.81. The Balaban J connectivity index is 1.42. The molecule has 1 aliphatic heterocycles. The van der Waals surface area contributed by atoms with E-state index in [1.165, 1.54) is 30.5 Å². The first-order valence-corrected chi connectivity index (χ1v) is 9.49. The van der Waals surface area contributed by atoms with Crippen molar-refractivity contribution in [3.05, 3.63) is 47.8 Å². The van der Waals surface area contributed by atoms with Crippen molar-refractivity contribution in [2.45, 2.75) is 38.9 Å². The number of methoxy groups -OCH3 is 1. The summed E-state index contributed by atoms with van der Waals surface area (Å²) in [6, 6.07) is 5.92. The van der Waals surface area contributed by atoms with Crippen LogP contribution in [0.4, 0.5) is 0 Å². The van der Waals surface area contributed by atoms with Gasteiger partial charge in [-0.05, 0) is 24.8 Å². The minimum absolute atomic E-state index is 0.658. The summed E-state index contributed by atoms with van der Waals surface area (Å²) in [7, 11) is 1.65. The van der Waals surface area contributed by atoms with Gasteiger partial charge in [-0.15, -0.1) is 0 Å². The van der Waals surface area contributed by atoms with Crippen LogP contribution in [-0.2, 0) is 26.1 Å². The van der Waals surface area contributed by atoms with Gasteiger partial charge in [-0.25, -0.2) is 9.97 Å². The van der Waals surface area contributed by atoms with Crippen molar-refractivity contribution in [3.8, 4) is 17.3 Å². The Morgan fingerprint density at radius 1 is 1.30 bits per heavy atom. The van der Waals surface area contributed by atoms with Crippen LogP contribution in [-0.4, -0.2) is 38.3 Å². The topological polar surface area (TPSA) is 69.2 Å². The first-order chi connectivity index (χ1) is 13.3. The molecule has 0 aromatic carbocycles. The van der Waals surface area contributed by atoms with Crippen molar-refractivity contribution >= 4 is 0 Å². The van der Waals surface area contributed by atoms with E-state index in [-0.39, 0.29) is 0 Å². The van der Waals surface area contributed by atoms with Crippen molar-refractivity contribution in [2.24, 2.45) is 5.92 Å². The molecule has 0 spiro atoms. The average molecular weight is 365 g/mol. The Hall–Kier alpha value is -2.67. The van der Waals surface area contributed by atoms with Crippen LogP contribution in [0.5, 0.6) is 5.88 Å². The number of aromatic nitrogens is 4. The number of oxazole rings is 1. The van der Waals surface area contributed by atoms with Crippen LogP contribution in [0.25, 0.3) is 11.4 Å². The van der Waals surface area contributed by atoms with Crippen LogP contribution in [0.3, 0.4) is 0 Å². The van der Waals surface area contributed by atoms with Crippen LogP contribution in [0.1, 0.15) is 29.8 Å². The van der Waals surface area contributed by atoms with E-state index in [4.69, 9.17) is 14.3 Å². The fourth-order valence-electron chi connectivity index (χ4n) is 3.80. The zero-order valence-electron chi connectivity index (χ0n) is 15.5. The van der Waals surface area contributed by atoms with E-state index in [1.807, 2.05) is 18.2 Å². The van der Waals surface area contributed by atoms with Crippen molar-refractivity contribution in [1.82, 2.24) is 24.6 Å². The third kappa shape index (κ3) is 3.35. The normalized spacial score (nSPS) is 17.1. The van der Waals surface area contributed by atoms with Gasteiger partial charge in [-0.2, -0.15) is 5.10 Å². The summed E-state index contributed by atoms with van der Waals surface area (Å²) < 4.78 is 12.7. The van der Waals surface area contributed by atoms with E-state index in [2.05, 4.69) is 19.5 Å². The number of pyridine rings is 1. The predicted molar refractivity (Wildman–Crippen MR) is 99.1 cm³/mol. The molecule has 1 aliphatic carbocycles. The lowest BCUT2D eigenvalue weighted by molar-refractivity contribution is 0.238. The molecule has 1 fully saturated rings. The third-order valence-electron chi connectivity index (χ3n) is 5.39. The summed E-state index contributed by atoms with van der Waals surface area (Å²) in [5.74, 6) is 1.45. The molecule has 7 heteroatoms. The summed E-state index contributed by atoms with van der Waals surface area (Å²) in [6.07, 6.45) is 6.80. The number of fused-ring (bicyclic) bond motifs is 1. The highest BCUT2D eigenvalue weighted by Gasteiger charge is 2.30. The molecular weight excluding hydrogens is 342 g/mol. The van der Waals surface area contributed by atoms with Gasteiger partial charge >= 0.3 is 0 Å². The SMILES string of the molecule is COc1cccc(CN2CCc3c(c(-c4cocn4)nn3CC3CC3)C2)n1. The number of ether oxygens (including phenoxy) is 1. The number of nitrogens with zero attached hydrogens (tertiary/aromatic N) is 5. The molecule has 27 heavy (non-hydrogen) atoms. The van der Waals surface area contributed by atoms with E-state index in [9.17, 15) is 0 Å². The first kappa shape index (κ1) is 16.5. The lowest BCUT2D eigenvalue weighted by atomic mass is 10.0. The highest BCUT2D eigenvalue weighted by molar-refractivity contribution is 5.59. The molecule has 0 saturated heterocycles. The molecule has 3 aromatic rings. The monoisotopic (exact) mass is 365 g/mol. The molecule has 1 saturated carbocycles. The van der Waals surface area contributed by atoms with Gasteiger partial charge in [0.05, 0.1) is 12.8 Å². The van der Waals surface area contributed by atoms with Crippen molar-refractivity contribution in [2.75, 3.05) is 13.7 Å². The van der Waals surface area contributed by atoms with Gasteiger partial charge in [0, 0.05) is 49.9 Å². The maximum Gasteiger partial charge on any atom is 0.213 e. The molecular formula is C20H23N5O2. The van der Waals surface area contributed by atoms with Gasteiger partial charge in [-0.3, -0.25) is 9.58 Å². The second-order valence-electron chi connectivity index (χ2n) is 7.40. The second-order valence-corrected chi connectivity index (χ2v) is 7.40. The number of hydrogen-bond donors (Lipinski definition) is 0. The van der Waals surface area contributed by atoms with Crippen molar-refractivity contribution in [3.63, 3.8) is 0 Å². The Labute approximate surface area is 158 Å². The minimum atomic E-state index is 0.658. The van der Waals surface area contributed by atoms with E-state index in [0.717, 1.165) is 55.6 Å². The molecule has 3 aromatic heterocycles. The van der Waals surface area contributed by atoms with Crippen LogP contribution in [0.15, 0.2) is 35.3 Å². The van der Waals surface area contributed by atoms with Gasteiger partial charge in [0.1, 0.15) is 17.7 Å². The zero-order valence-corrected chi connectivity index (χ0v) is 15.5. The summed E-state index contributed by atoms with van der Waals surface area (Å²) in [5, 5.41) is 4.92. The summed E-state index contributed by atoms with van der Waals surface area (Å²) >= 11 is 0. The molecule has 0 radical (unpaired) electrons. The Bertz CT molecular complexity index is 930. The molecule has 0 N–H and O–H groups in total. The van der Waals surface area contributed by atoms with Gasteiger partial charge in [0.15, 0.2) is 6.39 Å². The summed E-state index contributed by atoms with van der Waals surface area (Å²) in [6.45, 7) is 3.67. The van der Waals surface area contributed by atoms with Gasteiger partial charge in [-0.1, -0.05) is 6.07 Å². The van der Waals surface area contributed by atoms with Crippen molar-refractivity contribution < 1.29 is 9.15 Å². The van der Waals surface area contributed by atoms with Crippen LogP contribution in [0.2, 0.25) is 0 Å². The summed E-state index contributed by atoms with van der Waals surface area (Å²) in [5.41, 5.74) is 5.43. The zero-order chi connectivity index (χ0) is 18.2. The van der Waals surface area contributed by atoms with Gasteiger partial charge < -0.3 is 9.15 Å². The molecule has 5 rings (SSSR count). The molecule has 140 valence electrons. The van der Waals surface area contributed by atoms with Crippen LogP contribution in [0, 0.1) is 5.92 Å². The molecule has 4 heterocycles. The Kier molecular flexibility index (Phi) is 4.16. The number of rotatable bonds is 6. The summed E-state index contributed by atoms with van der Waals surface area (Å²) in [4.78, 5) is 11.3. The van der Waals surface area contributed by atoms with Gasteiger partial charge in [0.25, 0.3) is 0 Å². The lowest BCUT2D eigenvalue weighted by Crippen LogP contribution is -2.31.